The zero-order valence-corrected chi connectivity index (χ0v) is 12.0. The van der Waals surface area contributed by atoms with E-state index in [-0.39, 0.29) is 0 Å². The zero-order valence-electron chi connectivity index (χ0n) is 12.0. The van der Waals surface area contributed by atoms with E-state index in [9.17, 15) is 9.59 Å². The van der Waals surface area contributed by atoms with Crippen LogP contribution in [-0.2, 0) is 9.59 Å². The summed E-state index contributed by atoms with van der Waals surface area (Å²) in [5.41, 5.74) is 0. The van der Waals surface area contributed by atoms with E-state index < -0.39 is 12.1 Å². The third kappa shape index (κ3) is 13.5. The van der Waals surface area contributed by atoms with Crippen LogP contribution >= 0.6 is 0 Å². The number of aldehydes is 1. The van der Waals surface area contributed by atoms with Crippen LogP contribution in [0.15, 0.2) is 53.1 Å². The highest BCUT2D eigenvalue weighted by atomic mass is 16.4. The molecule has 0 saturated heterocycles. The van der Waals surface area contributed by atoms with Gasteiger partial charge in [0.05, 0.1) is 6.26 Å². The van der Waals surface area contributed by atoms with Gasteiger partial charge in [-0.05, 0) is 31.2 Å². The molecule has 1 aromatic heterocycles. The number of carbonyl (C=O) groups is 3. The summed E-state index contributed by atoms with van der Waals surface area (Å²) < 4.78 is 4.61. The minimum Gasteiger partial charge on any atom is -0.508 e. The third-order valence-electron chi connectivity index (χ3n) is 1.77. The van der Waals surface area contributed by atoms with Crippen LogP contribution in [-0.4, -0.2) is 40.5 Å². The van der Waals surface area contributed by atoms with E-state index in [2.05, 4.69) is 4.42 Å². The molecule has 22 heavy (non-hydrogen) atoms. The Hall–Kier alpha value is -2.93. The fourth-order valence-electron chi connectivity index (χ4n) is 0.786. The van der Waals surface area contributed by atoms with Gasteiger partial charge in [-0.2, -0.15) is 0 Å². The number of benzene rings is 1. The molecule has 1 heterocycles. The fraction of sp³-hybridized carbons (Fsp3) is 0.133. The second kappa shape index (κ2) is 14.5. The summed E-state index contributed by atoms with van der Waals surface area (Å²) in [6.45, 7) is 3.20. The molecule has 0 aliphatic heterocycles. The summed E-state index contributed by atoms with van der Waals surface area (Å²) in [5.74, 6) is -0.488. The molecule has 0 radical (unpaired) electrons. The topological polar surface area (TPSA) is 125 Å². The quantitative estimate of drug-likeness (QED) is 0.721. The van der Waals surface area contributed by atoms with Crippen LogP contribution in [0.4, 0.5) is 0 Å². The average Bonchev–Trinajstić information content (AvgIpc) is 3.05. The predicted octanol–water partition coefficient (Wildman–Crippen LogP) is 1.75. The van der Waals surface area contributed by atoms with Crippen molar-refractivity contribution in [3.8, 4) is 5.75 Å². The molecule has 0 bridgehead atoms. The van der Waals surface area contributed by atoms with Crippen molar-refractivity contribution >= 4 is 19.0 Å². The maximum absolute atomic E-state index is 9.77. The molecule has 0 fully saturated rings. The number of rotatable bonds is 2. The van der Waals surface area contributed by atoms with Crippen molar-refractivity contribution < 1.29 is 34.1 Å². The number of carbonyl (C=O) groups excluding carboxylic acids is 2. The summed E-state index contributed by atoms with van der Waals surface area (Å²) >= 11 is 0. The molecule has 0 spiro atoms. The second-order valence-electron chi connectivity index (χ2n) is 3.48. The lowest BCUT2D eigenvalue weighted by Crippen LogP contribution is -2.13. The first-order valence-electron chi connectivity index (χ1n) is 5.89. The van der Waals surface area contributed by atoms with Gasteiger partial charge < -0.3 is 24.5 Å². The van der Waals surface area contributed by atoms with E-state index in [1.165, 1.54) is 13.2 Å². The number of aliphatic hydroxyl groups excluding tert-OH is 1. The summed E-state index contributed by atoms with van der Waals surface area (Å²) in [4.78, 5) is 27.2. The van der Waals surface area contributed by atoms with Gasteiger partial charge >= 0.3 is 5.97 Å². The molecule has 1 unspecified atom stereocenters. The van der Waals surface area contributed by atoms with E-state index in [4.69, 9.17) is 20.1 Å². The Kier molecular flexibility index (Phi) is 14.1. The van der Waals surface area contributed by atoms with Crippen LogP contribution in [0.3, 0.4) is 0 Å². The molecule has 0 aliphatic rings. The van der Waals surface area contributed by atoms with Gasteiger partial charge in [0.2, 0.25) is 0 Å². The Morgan fingerprint density at radius 3 is 1.86 bits per heavy atom. The highest BCUT2D eigenvalue weighted by Crippen LogP contribution is 2.02. The second-order valence-corrected chi connectivity index (χ2v) is 3.48. The summed E-state index contributed by atoms with van der Waals surface area (Å²) in [5, 5.41) is 24.4. The first-order chi connectivity index (χ1) is 10.5. The molecule has 0 amide bonds. The maximum atomic E-state index is 9.77. The Morgan fingerprint density at radius 1 is 1.18 bits per heavy atom. The van der Waals surface area contributed by atoms with Crippen molar-refractivity contribution in [1.82, 2.24) is 0 Å². The number of hydrogen-bond acceptors (Lipinski definition) is 6. The molecule has 3 N–H and O–H groups in total. The number of para-hydroxylation sites is 1. The average molecular weight is 310 g/mol. The first kappa shape index (κ1) is 21.4. The number of hydrogen-bond donors (Lipinski definition) is 3. The largest absolute Gasteiger partial charge is 0.508 e. The Morgan fingerprint density at radius 2 is 1.68 bits per heavy atom. The first-order valence-corrected chi connectivity index (χ1v) is 5.89. The van der Waals surface area contributed by atoms with Crippen molar-refractivity contribution in [3.05, 3.63) is 54.5 Å². The SMILES string of the molecule is C=O.CC(O)C(=O)O.O=Cc1ccco1.Oc1ccccc1. The maximum Gasteiger partial charge on any atom is 0.332 e. The van der Waals surface area contributed by atoms with Crippen molar-refractivity contribution in [1.29, 1.82) is 0 Å². The van der Waals surface area contributed by atoms with Gasteiger partial charge in [0.1, 0.15) is 18.6 Å². The van der Waals surface area contributed by atoms with E-state index in [0.717, 1.165) is 0 Å². The number of phenols is 1. The van der Waals surface area contributed by atoms with Crippen LogP contribution in [0.5, 0.6) is 5.75 Å². The van der Waals surface area contributed by atoms with Crippen LogP contribution in [0.1, 0.15) is 17.5 Å². The number of aliphatic hydroxyl groups is 1. The van der Waals surface area contributed by atoms with Gasteiger partial charge in [-0.3, -0.25) is 4.79 Å². The number of carboxylic acid groups (broad SMARTS) is 1. The lowest BCUT2D eigenvalue weighted by Gasteiger charge is -1.89. The van der Waals surface area contributed by atoms with E-state index in [1.54, 1.807) is 36.4 Å². The number of aromatic hydroxyl groups is 1. The number of phenolic OH excluding ortho intramolecular Hbond substituents is 1. The van der Waals surface area contributed by atoms with Crippen molar-refractivity contribution in [2.45, 2.75) is 13.0 Å². The Balaban J connectivity index is 0. The van der Waals surface area contributed by atoms with Gasteiger partial charge in [0.25, 0.3) is 0 Å². The van der Waals surface area contributed by atoms with Gasteiger partial charge in [-0.15, -0.1) is 0 Å². The molecule has 0 saturated carbocycles. The minimum absolute atomic E-state index is 0.322. The fourth-order valence-corrected chi connectivity index (χ4v) is 0.786. The molecule has 7 nitrogen and oxygen atoms in total. The van der Waals surface area contributed by atoms with Crippen molar-refractivity contribution in [2.75, 3.05) is 0 Å². The standard InChI is InChI=1S/C6H6O.C5H4O2.C3H6O3.CH2O/c7-6-4-2-1-3-5-6;6-4-5-2-1-3-7-5;1-2(4)3(5)6;1-2/h1-5,7H;1-4H;2,4H,1H3,(H,5,6);1H2. The van der Waals surface area contributed by atoms with Crippen molar-refractivity contribution in [3.63, 3.8) is 0 Å². The Bertz CT molecular complexity index is 492. The number of carboxylic acids is 1. The zero-order chi connectivity index (χ0) is 17.4. The third-order valence-corrected chi connectivity index (χ3v) is 1.77. The molecule has 2 aromatic rings. The molecular weight excluding hydrogens is 292 g/mol. The van der Waals surface area contributed by atoms with Gasteiger partial charge in [0, 0.05) is 0 Å². The number of aliphatic carboxylic acids is 1. The van der Waals surface area contributed by atoms with Crippen LogP contribution in [0.25, 0.3) is 0 Å². The summed E-state index contributed by atoms with van der Waals surface area (Å²) in [6.07, 6.45) is 0.897. The molecular formula is C15H18O7. The van der Waals surface area contributed by atoms with Crippen LogP contribution in [0, 0.1) is 0 Å². The lowest BCUT2D eigenvalue weighted by atomic mass is 10.3. The normalized spacial score (nSPS) is 9.36. The molecule has 7 heteroatoms. The van der Waals surface area contributed by atoms with Crippen LogP contribution in [0.2, 0.25) is 0 Å². The van der Waals surface area contributed by atoms with E-state index in [0.29, 0.717) is 17.8 Å². The number of furan rings is 1. The highest BCUT2D eigenvalue weighted by molar-refractivity contribution is 5.71. The summed E-state index contributed by atoms with van der Waals surface area (Å²) in [6, 6.07) is 12.0. The van der Waals surface area contributed by atoms with Crippen LogP contribution < -0.4 is 0 Å². The lowest BCUT2D eigenvalue weighted by molar-refractivity contribution is -0.145. The van der Waals surface area contributed by atoms with E-state index in [1.807, 2.05) is 12.9 Å². The van der Waals surface area contributed by atoms with E-state index >= 15 is 0 Å². The molecule has 120 valence electrons. The molecule has 1 aromatic carbocycles. The van der Waals surface area contributed by atoms with Gasteiger partial charge in [-0.25, -0.2) is 4.79 Å². The predicted molar refractivity (Wildman–Crippen MR) is 78.6 cm³/mol. The molecule has 0 aliphatic carbocycles. The van der Waals surface area contributed by atoms with Gasteiger partial charge in [0.15, 0.2) is 12.0 Å². The summed E-state index contributed by atoms with van der Waals surface area (Å²) in [7, 11) is 0. The molecule has 2 rings (SSSR count). The smallest absolute Gasteiger partial charge is 0.332 e. The minimum atomic E-state index is -1.23. The molecule has 1 atom stereocenters. The monoisotopic (exact) mass is 310 g/mol. The Labute approximate surface area is 127 Å². The highest BCUT2D eigenvalue weighted by Gasteiger charge is 2.01. The van der Waals surface area contributed by atoms with Crippen molar-refractivity contribution in [2.24, 2.45) is 0 Å². The van der Waals surface area contributed by atoms with Gasteiger partial charge in [-0.1, -0.05) is 18.2 Å².